The summed E-state index contributed by atoms with van der Waals surface area (Å²) < 4.78 is 26.1. The molecule has 1 unspecified atom stereocenters. The number of H-pyrrole nitrogens is 1. The number of rotatable bonds is 9. The van der Waals surface area contributed by atoms with Crippen molar-refractivity contribution in [1.29, 1.82) is 0 Å². The molecule has 188 valence electrons. The molecule has 1 amide bonds. The Kier molecular flexibility index (Phi) is 7.61. The number of fused-ring (bicyclic) bond motifs is 1. The fourth-order valence-corrected chi connectivity index (χ4v) is 5.93. The number of aromatic amines is 1. The third-order valence-electron chi connectivity index (χ3n) is 6.93. The number of hydrogen-bond acceptors (Lipinski definition) is 5. The van der Waals surface area contributed by atoms with Crippen LogP contribution in [0.15, 0.2) is 42.6 Å². The third-order valence-corrected chi connectivity index (χ3v) is 8.81. The van der Waals surface area contributed by atoms with Gasteiger partial charge >= 0.3 is 0 Å². The highest BCUT2D eigenvalue weighted by Crippen LogP contribution is 2.37. The van der Waals surface area contributed by atoms with Crippen molar-refractivity contribution in [3.05, 3.63) is 59.3 Å². The average molecular weight is 499 g/mol. The Hall–Kier alpha value is -2.72. The quantitative estimate of drug-likeness (QED) is 0.361. The monoisotopic (exact) mass is 498 g/mol. The molecule has 35 heavy (non-hydrogen) atoms. The minimum absolute atomic E-state index is 0.00221. The second-order valence-electron chi connectivity index (χ2n) is 9.29. The van der Waals surface area contributed by atoms with Gasteiger partial charge in [-0.05, 0) is 73.1 Å². The summed E-state index contributed by atoms with van der Waals surface area (Å²) in [5, 5.41) is 13.5. The van der Waals surface area contributed by atoms with E-state index in [4.69, 9.17) is 5.73 Å². The molecule has 3 aromatic rings. The van der Waals surface area contributed by atoms with Crippen LogP contribution in [0.25, 0.3) is 22.0 Å². The van der Waals surface area contributed by atoms with Gasteiger partial charge < -0.3 is 21.1 Å². The van der Waals surface area contributed by atoms with Gasteiger partial charge in [0.1, 0.15) is 0 Å². The van der Waals surface area contributed by atoms with E-state index in [1.54, 1.807) is 11.2 Å². The normalized spacial score (nSPS) is 16.5. The number of piperidine rings is 1. The molecule has 9 heteroatoms. The van der Waals surface area contributed by atoms with Gasteiger partial charge in [0.05, 0.1) is 23.4 Å². The summed E-state index contributed by atoms with van der Waals surface area (Å²) in [5.41, 5.74) is 10.9. The zero-order valence-corrected chi connectivity index (χ0v) is 21.1. The molecule has 1 fully saturated rings. The zero-order chi connectivity index (χ0) is 25.2. The summed E-state index contributed by atoms with van der Waals surface area (Å²) in [6, 6.07) is 12.0. The van der Waals surface area contributed by atoms with Crippen molar-refractivity contribution in [3.8, 4) is 11.1 Å². The second-order valence-corrected chi connectivity index (χ2v) is 11.6. The lowest BCUT2D eigenvalue weighted by atomic mass is 9.88. The summed E-state index contributed by atoms with van der Waals surface area (Å²) in [6.07, 6.45) is 3.39. The van der Waals surface area contributed by atoms with Crippen molar-refractivity contribution in [2.75, 3.05) is 25.4 Å². The molecule has 0 saturated carbocycles. The van der Waals surface area contributed by atoms with Gasteiger partial charge in [-0.15, -0.1) is 0 Å². The Balaban J connectivity index is 1.68. The number of hydrogen-bond donors (Lipinski definition) is 4. The average Bonchev–Trinajstić information content (AvgIpc) is 3.30. The summed E-state index contributed by atoms with van der Waals surface area (Å²) >= 11 is 0. The molecule has 1 aliphatic rings. The van der Waals surface area contributed by atoms with Crippen LogP contribution in [-0.4, -0.2) is 60.2 Å². The van der Waals surface area contributed by atoms with Gasteiger partial charge in [0.25, 0.3) is 5.91 Å². The lowest BCUT2D eigenvalue weighted by Crippen LogP contribution is -2.38. The number of benzene rings is 2. The Bertz CT molecular complexity index is 1310. The maximum atomic E-state index is 12.3. The van der Waals surface area contributed by atoms with Crippen LogP contribution in [0, 0.1) is 0 Å². The number of amides is 1. The number of nitrogens with zero attached hydrogens (tertiary/aromatic N) is 1. The lowest BCUT2D eigenvalue weighted by molar-refractivity contribution is 0.100. The highest BCUT2D eigenvalue weighted by Gasteiger charge is 2.29. The SMILES string of the molecule is CCS(=O)(=O)N1CCC(c2c[nH]c3c(C(N)=O)cc(-c4cccc(CNC(C)CO)c4)cc23)CC1. The first kappa shape index (κ1) is 25.4. The van der Waals surface area contributed by atoms with Gasteiger partial charge in [0.15, 0.2) is 0 Å². The van der Waals surface area contributed by atoms with Crippen LogP contribution in [0.1, 0.15) is 54.1 Å². The zero-order valence-electron chi connectivity index (χ0n) is 20.3. The van der Waals surface area contributed by atoms with Gasteiger partial charge in [-0.25, -0.2) is 12.7 Å². The molecule has 2 heterocycles. The Morgan fingerprint density at radius 3 is 2.63 bits per heavy atom. The van der Waals surface area contributed by atoms with Gasteiger partial charge in [-0.2, -0.15) is 0 Å². The van der Waals surface area contributed by atoms with Crippen LogP contribution in [-0.2, 0) is 16.6 Å². The van der Waals surface area contributed by atoms with E-state index in [9.17, 15) is 18.3 Å². The predicted octanol–water partition coefficient (Wildman–Crippen LogP) is 2.93. The Labute approximate surface area is 206 Å². The van der Waals surface area contributed by atoms with Gasteiger partial charge in [-0.3, -0.25) is 4.79 Å². The van der Waals surface area contributed by atoms with Crippen molar-refractivity contribution >= 4 is 26.8 Å². The Morgan fingerprint density at radius 1 is 1.23 bits per heavy atom. The molecule has 1 aliphatic heterocycles. The van der Waals surface area contributed by atoms with Crippen LogP contribution in [0.2, 0.25) is 0 Å². The summed E-state index contributed by atoms with van der Waals surface area (Å²) in [5.74, 6) is -0.189. The van der Waals surface area contributed by atoms with Gasteiger partial charge in [0, 0.05) is 37.3 Å². The number of nitrogens with two attached hydrogens (primary N) is 1. The third kappa shape index (κ3) is 5.43. The van der Waals surface area contributed by atoms with Crippen LogP contribution < -0.4 is 11.1 Å². The number of carbonyl (C=O) groups is 1. The minimum atomic E-state index is -3.19. The van der Waals surface area contributed by atoms with Crippen LogP contribution in [0.5, 0.6) is 0 Å². The van der Waals surface area contributed by atoms with Gasteiger partial charge in [-0.1, -0.05) is 18.2 Å². The first-order valence-corrected chi connectivity index (χ1v) is 13.7. The maximum absolute atomic E-state index is 12.3. The molecule has 5 N–H and O–H groups in total. The van der Waals surface area contributed by atoms with E-state index < -0.39 is 15.9 Å². The highest BCUT2D eigenvalue weighted by atomic mass is 32.2. The molecule has 0 radical (unpaired) electrons. The topological polar surface area (TPSA) is 129 Å². The van der Waals surface area contributed by atoms with E-state index in [1.807, 2.05) is 37.4 Å². The van der Waals surface area contributed by atoms with Crippen molar-refractivity contribution < 1.29 is 18.3 Å². The van der Waals surface area contributed by atoms with Gasteiger partial charge in [0.2, 0.25) is 10.0 Å². The predicted molar refractivity (Wildman–Crippen MR) is 139 cm³/mol. The van der Waals surface area contributed by atoms with Crippen LogP contribution >= 0.6 is 0 Å². The van der Waals surface area contributed by atoms with Crippen molar-refractivity contribution in [2.45, 2.75) is 45.2 Å². The largest absolute Gasteiger partial charge is 0.395 e. The highest BCUT2D eigenvalue weighted by molar-refractivity contribution is 7.89. The van der Waals surface area contributed by atoms with E-state index in [0.29, 0.717) is 25.2 Å². The van der Waals surface area contributed by atoms with Crippen molar-refractivity contribution in [3.63, 3.8) is 0 Å². The van der Waals surface area contributed by atoms with E-state index >= 15 is 0 Å². The fraction of sp³-hybridized carbons (Fsp3) is 0.423. The molecule has 0 spiro atoms. The van der Waals surface area contributed by atoms with E-state index in [1.165, 1.54) is 0 Å². The summed E-state index contributed by atoms with van der Waals surface area (Å²) in [4.78, 5) is 15.6. The van der Waals surface area contributed by atoms with Crippen LogP contribution in [0.3, 0.4) is 0 Å². The molecule has 4 rings (SSSR count). The first-order valence-electron chi connectivity index (χ1n) is 12.1. The number of aliphatic hydroxyl groups excluding tert-OH is 1. The first-order chi connectivity index (χ1) is 16.7. The molecule has 1 saturated heterocycles. The molecular formula is C26H34N4O4S. The Morgan fingerprint density at radius 2 is 1.97 bits per heavy atom. The second kappa shape index (κ2) is 10.5. The number of aromatic nitrogens is 1. The van der Waals surface area contributed by atoms with E-state index in [-0.39, 0.29) is 24.3 Å². The molecule has 1 atom stereocenters. The fourth-order valence-electron chi connectivity index (χ4n) is 4.80. The lowest BCUT2D eigenvalue weighted by Gasteiger charge is -2.31. The van der Waals surface area contributed by atoms with E-state index in [2.05, 4.69) is 22.4 Å². The number of carbonyl (C=O) groups excluding carboxylic acids is 1. The number of sulfonamides is 1. The molecular weight excluding hydrogens is 464 g/mol. The molecule has 1 aromatic heterocycles. The molecule has 0 bridgehead atoms. The molecule has 0 aliphatic carbocycles. The van der Waals surface area contributed by atoms with E-state index in [0.717, 1.165) is 46.0 Å². The number of nitrogens with one attached hydrogen (secondary N) is 2. The molecule has 8 nitrogen and oxygen atoms in total. The van der Waals surface area contributed by atoms with Crippen LogP contribution in [0.4, 0.5) is 0 Å². The van der Waals surface area contributed by atoms with Crippen molar-refractivity contribution in [2.24, 2.45) is 5.73 Å². The number of aliphatic hydroxyl groups is 1. The minimum Gasteiger partial charge on any atom is -0.395 e. The van der Waals surface area contributed by atoms with Crippen molar-refractivity contribution in [1.82, 2.24) is 14.6 Å². The number of primary amides is 1. The maximum Gasteiger partial charge on any atom is 0.250 e. The summed E-state index contributed by atoms with van der Waals surface area (Å²) in [6.45, 7) is 5.28. The standard InChI is InChI=1S/C26H34N4O4S/c1-3-35(33,34)30-9-7-19(8-10-30)24-15-29-25-22(24)12-21(13-23(25)26(27)32)20-6-4-5-18(11-20)14-28-17(2)16-31/h4-6,11-13,15,17,19,28-29,31H,3,7-10,14,16H2,1-2H3,(H2,27,32). The smallest absolute Gasteiger partial charge is 0.250 e. The summed E-state index contributed by atoms with van der Waals surface area (Å²) in [7, 11) is -3.19. The molecule has 2 aromatic carbocycles.